The Bertz CT molecular complexity index is 720. The lowest BCUT2D eigenvalue weighted by Crippen LogP contribution is -2.31. The van der Waals surface area contributed by atoms with Gasteiger partial charge in [-0.15, -0.1) is 11.8 Å². The molecular weight excluding hydrogens is 310 g/mol. The first kappa shape index (κ1) is 15.4. The second-order valence-electron chi connectivity index (χ2n) is 4.93. The number of furan rings is 1. The third-order valence-corrected chi connectivity index (χ3v) is 4.32. The SMILES string of the molecule is CSc1ccccc1C(=O)NCC(c1ccco1)n1cccn1. The highest BCUT2D eigenvalue weighted by molar-refractivity contribution is 7.98. The molecule has 5 nitrogen and oxygen atoms in total. The summed E-state index contributed by atoms with van der Waals surface area (Å²) >= 11 is 1.56. The Labute approximate surface area is 138 Å². The predicted molar refractivity (Wildman–Crippen MR) is 89.6 cm³/mol. The Morgan fingerprint density at radius 3 is 2.87 bits per heavy atom. The number of aromatic nitrogens is 2. The lowest BCUT2D eigenvalue weighted by Gasteiger charge is -2.16. The summed E-state index contributed by atoms with van der Waals surface area (Å²) in [5, 5.41) is 7.24. The summed E-state index contributed by atoms with van der Waals surface area (Å²) in [7, 11) is 0. The molecule has 0 aliphatic heterocycles. The average molecular weight is 327 g/mol. The zero-order chi connectivity index (χ0) is 16.1. The molecule has 2 heterocycles. The van der Waals surface area contributed by atoms with Gasteiger partial charge in [0.2, 0.25) is 0 Å². The van der Waals surface area contributed by atoms with Crippen molar-refractivity contribution in [1.29, 1.82) is 0 Å². The Kier molecular flexibility index (Phi) is 4.83. The number of thioether (sulfide) groups is 1. The van der Waals surface area contributed by atoms with E-state index in [9.17, 15) is 4.79 Å². The van der Waals surface area contributed by atoms with Crippen LogP contribution in [0, 0.1) is 0 Å². The van der Waals surface area contributed by atoms with E-state index in [0.717, 1.165) is 10.7 Å². The van der Waals surface area contributed by atoms with Crippen LogP contribution in [0.2, 0.25) is 0 Å². The second-order valence-corrected chi connectivity index (χ2v) is 5.78. The van der Waals surface area contributed by atoms with Gasteiger partial charge in [0.05, 0.1) is 11.8 Å². The first-order valence-corrected chi connectivity index (χ1v) is 8.46. The van der Waals surface area contributed by atoms with Crippen LogP contribution in [0.5, 0.6) is 0 Å². The average Bonchev–Trinajstić information content (AvgIpc) is 3.29. The topological polar surface area (TPSA) is 60.1 Å². The minimum Gasteiger partial charge on any atom is -0.467 e. The van der Waals surface area contributed by atoms with Crippen LogP contribution in [0.1, 0.15) is 22.2 Å². The van der Waals surface area contributed by atoms with E-state index in [1.165, 1.54) is 0 Å². The third-order valence-electron chi connectivity index (χ3n) is 3.52. The molecule has 1 unspecified atom stereocenters. The molecule has 1 amide bonds. The van der Waals surface area contributed by atoms with Gasteiger partial charge in [-0.2, -0.15) is 5.10 Å². The van der Waals surface area contributed by atoms with Gasteiger partial charge in [0, 0.05) is 23.8 Å². The molecule has 3 rings (SSSR count). The standard InChI is InChI=1S/C17H17N3O2S/c1-23-16-8-3-2-6-13(16)17(21)18-12-14(15-7-4-11-22-15)20-10-5-9-19-20/h2-11,14H,12H2,1H3,(H,18,21). The van der Waals surface area contributed by atoms with E-state index < -0.39 is 0 Å². The van der Waals surface area contributed by atoms with Crippen LogP contribution in [0.4, 0.5) is 0 Å². The third kappa shape index (κ3) is 3.48. The van der Waals surface area contributed by atoms with Crippen molar-refractivity contribution in [1.82, 2.24) is 15.1 Å². The monoisotopic (exact) mass is 327 g/mol. The summed E-state index contributed by atoms with van der Waals surface area (Å²) in [5.74, 6) is 0.658. The number of amides is 1. The highest BCUT2D eigenvalue weighted by atomic mass is 32.2. The number of nitrogens with one attached hydrogen (secondary N) is 1. The highest BCUT2D eigenvalue weighted by Crippen LogP contribution is 2.21. The number of carbonyl (C=O) groups excluding carboxylic acids is 1. The summed E-state index contributed by atoms with van der Waals surface area (Å²) in [4.78, 5) is 13.4. The van der Waals surface area contributed by atoms with Gasteiger partial charge in [-0.05, 0) is 36.6 Å². The molecule has 0 saturated carbocycles. The highest BCUT2D eigenvalue weighted by Gasteiger charge is 2.19. The molecule has 118 valence electrons. The van der Waals surface area contributed by atoms with Crippen LogP contribution >= 0.6 is 11.8 Å². The van der Waals surface area contributed by atoms with Crippen molar-refractivity contribution in [3.8, 4) is 0 Å². The maximum atomic E-state index is 12.5. The van der Waals surface area contributed by atoms with Gasteiger partial charge in [-0.25, -0.2) is 0 Å². The van der Waals surface area contributed by atoms with E-state index in [1.54, 1.807) is 28.9 Å². The molecule has 0 aliphatic rings. The molecule has 3 aromatic rings. The van der Waals surface area contributed by atoms with Crippen LogP contribution in [-0.2, 0) is 0 Å². The number of hydrogen-bond acceptors (Lipinski definition) is 4. The van der Waals surface area contributed by atoms with Gasteiger partial charge in [0.25, 0.3) is 5.91 Å². The van der Waals surface area contributed by atoms with E-state index in [1.807, 2.05) is 54.9 Å². The fourth-order valence-corrected chi connectivity index (χ4v) is 2.98. The molecule has 0 saturated heterocycles. The molecule has 1 aromatic carbocycles. The van der Waals surface area contributed by atoms with Crippen molar-refractivity contribution in [3.05, 3.63) is 72.4 Å². The van der Waals surface area contributed by atoms with E-state index >= 15 is 0 Å². The van der Waals surface area contributed by atoms with Crippen molar-refractivity contribution in [2.75, 3.05) is 12.8 Å². The summed E-state index contributed by atoms with van der Waals surface area (Å²) in [5.41, 5.74) is 0.679. The number of nitrogens with zero attached hydrogens (tertiary/aromatic N) is 2. The zero-order valence-electron chi connectivity index (χ0n) is 12.7. The van der Waals surface area contributed by atoms with E-state index in [-0.39, 0.29) is 11.9 Å². The molecule has 23 heavy (non-hydrogen) atoms. The van der Waals surface area contributed by atoms with Gasteiger partial charge in [0.1, 0.15) is 11.8 Å². The smallest absolute Gasteiger partial charge is 0.252 e. The van der Waals surface area contributed by atoms with Crippen LogP contribution in [0.3, 0.4) is 0 Å². The molecule has 1 atom stereocenters. The molecule has 0 fully saturated rings. The molecule has 0 spiro atoms. The zero-order valence-corrected chi connectivity index (χ0v) is 13.5. The molecule has 0 radical (unpaired) electrons. The Hall–Kier alpha value is -2.47. The number of rotatable bonds is 6. The van der Waals surface area contributed by atoms with Gasteiger partial charge in [-0.1, -0.05) is 12.1 Å². The van der Waals surface area contributed by atoms with E-state index in [2.05, 4.69) is 10.4 Å². The lowest BCUT2D eigenvalue weighted by atomic mass is 10.2. The first-order chi connectivity index (χ1) is 11.3. The van der Waals surface area contributed by atoms with E-state index in [4.69, 9.17) is 4.42 Å². The fraction of sp³-hybridized carbons (Fsp3) is 0.176. The maximum Gasteiger partial charge on any atom is 0.252 e. The maximum absolute atomic E-state index is 12.5. The van der Waals surface area contributed by atoms with Gasteiger partial charge < -0.3 is 9.73 Å². The molecule has 0 aliphatic carbocycles. The molecular formula is C17H17N3O2S. The summed E-state index contributed by atoms with van der Waals surface area (Å²) in [6, 6.07) is 13.0. The van der Waals surface area contributed by atoms with Crippen molar-refractivity contribution in [2.45, 2.75) is 10.9 Å². The van der Waals surface area contributed by atoms with Crippen molar-refractivity contribution < 1.29 is 9.21 Å². The van der Waals surface area contributed by atoms with Gasteiger partial charge in [-0.3, -0.25) is 9.48 Å². The Balaban J connectivity index is 1.76. The second kappa shape index (κ2) is 7.19. The van der Waals surface area contributed by atoms with Crippen molar-refractivity contribution in [2.24, 2.45) is 0 Å². The first-order valence-electron chi connectivity index (χ1n) is 7.23. The molecule has 0 bridgehead atoms. The largest absolute Gasteiger partial charge is 0.467 e. The Morgan fingerprint density at radius 1 is 1.30 bits per heavy atom. The Morgan fingerprint density at radius 2 is 2.17 bits per heavy atom. The number of benzene rings is 1. The minimum absolute atomic E-state index is 0.0985. The molecule has 6 heteroatoms. The van der Waals surface area contributed by atoms with Crippen LogP contribution in [0.15, 0.2) is 70.4 Å². The fourth-order valence-electron chi connectivity index (χ4n) is 2.39. The van der Waals surface area contributed by atoms with Crippen molar-refractivity contribution in [3.63, 3.8) is 0 Å². The summed E-state index contributed by atoms with van der Waals surface area (Å²) < 4.78 is 7.26. The number of carbonyl (C=O) groups is 1. The molecule has 2 aromatic heterocycles. The summed E-state index contributed by atoms with van der Waals surface area (Å²) in [6.07, 6.45) is 7.15. The van der Waals surface area contributed by atoms with Gasteiger partial charge >= 0.3 is 0 Å². The van der Waals surface area contributed by atoms with Crippen molar-refractivity contribution >= 4 is 17.7 Å². The summed E-state index contributed by atoms with van der Waals surface area (Å²) in [6.45, 7) is 0.400. The lowest BCUT2D eigenvalue weighted by molar-refractivity contribution is 0.0945. The van der Waals surface area contributed by atoms with E-state index in [0.29, 0.717) is 12.1 Å². The predicted octanol–water partition coefficient (Wildman–Crippen LogP) is 3.22. The molecule has 1 N–H and O–H groups in total. The van der Waals surface area contributed by atoms with Crippen LogP contribution < -0.4 is 5.32 Å². The normalized spacial score (nSPS) is 12.0. The van der Waals surface area contributed by atoms with Gasteiger partial charge in [0.15, 0.2) is 0 Å². The van der Waals surface area contributed by atoms with Crippen LogP contribution in [0.25, 0.3) is 0 Å². The number of hydrogen-bond donors (Lipinski definition) is 1. The van der Waals surface area contributed by atoms with Crippen LogP contribution in [-0.4, -0.2) is 28.5 Å². The quantitative estimate of drug-likeness (QED) is 0.706. The minimum atomic E-state index is -0.176.